The Morgan fingerprint density at radius 2 is 2.05 bits per heavy atom. The van der Waals surface area contributed by atoms with Crippen molar-refractivity contribution in [3.63, 3.8) is 0 Å². The quantitative estimate of drug-likeness (QED) is 0.807. The molecule has 1 aromatic carbocycles. The standard InChI is InChI=1S/C15H21ClN2O2/c1-17(15(19)12-18-8-4-5-9-18)10-11-20-14-7-3-2-6-13(14)16/h2-3,6-7H,4-5,8-12H2,1H3. The number of para-hydroxylation sites is 1. The van der Waals surface area contributed by atoms with Crippen molar-refractivity contribution in [3.05, 3.63) is 29.3 Å². The molecule has 0 radical (unpaired) electrons. The number of rotatable bonds is 6. The molecular weight excluding hydrogens is 276 g/mol. The molecule has 0 bridgehead atoms. The maximum absolute atomic E-state index is 12.0. The number of nitrogens with zero attached hydrogens (tertiary/aromatic N) is 2. The Morgan fingerprint density at radius 3 is 2.75 bits per heavy atom. The van der Waals surface area contributed by atoms with Gasteiger partial charge in [0.25, 0.3) is 0 Å². The van der Waals surface area contributed by atoms with Gasteiger partial charge in [-0.1, -0.05) is 23.7 Å². The minimum absolute atomic E-state index is 0.148. The zero-order chi connectivity index (χ0) is 14.4. The lowest BCUT2D eigenvalue weighted by Crippen LogP contribution is -2.38. The van der Waals surface area contributed by atoms with Gasteiger partial charge in [0.1, 0.15) is 12.4 Å². The van der Waals surface area contributed by atoms with Crippen molar-refractivity contribution in [3.8, 4) is 5.75 Å². The van der Waals surface area contributed by atoms with Crippen LogP contribution < -0.4 is 4.74 Å². The Balaban J connectivity index is 1.70. The van der Waals surface area contributed by atoms with Crippen LogP contribution in [0.4, 0.5) is 0 Å². The van der Waals surface area contributed by atoms with Crippen molar-refractivity contribution in [2.75, 3.05) is 39.8 Å². The van der Waals surface area contributed by atoms with Crippen LogP contribution in [0.5, 0.6) is 5.75 Å². The van der Waals surface area contributed by atoms with Crippen molar-refractivity contribution >= 4 is 17.5 Å². The number of amides is 1. The first-order valence-corrected chi connectivity index (χ1v) is 7.38. The number of carbonyl (C=O) groups is 1. The van der Waals surface area contributed by atoms with Crippen molar-refractivity contribution in [2.24, 2.45) is 0 Å². The minimum Gasteiger partial charge on any atom is -0.490 e. The average molecular weight is 297 g/mol. The van der Waals surface area contributed by atoms with Gasteiger partial charge in [0.05, 0.1) is 18.1 Å². The fourth-order valence-electron chi connectivity index (χ4n) is 2.23. The third kappa shape index (κ3) is 4.39. The highest BCUT2D eigenvalue weighted by molar-refractivity contribution is 6.32. The second-order valence-corrected chi connectivity index (χ2v) is 5.48. The van der Waals surface area contributed by atoms with Crippen LogP contribution in [0.15, 0.2) is 24.3 Å². The lowest BCUT2D eigenvalue weighted by atomic mass is 10.3. The number of hydrogen-bond acceptors (Lipinski definition) is 3. The second-order valence-electron chi connectivity index (χ2n) is 5.08. The molecule has 2 rings (SSSR count). The third-order valence-corrected chi connectivity index (χ3v) is 3.82. The molecule has 1 saturated heterocycles. The monoisotopic (exact) mass is 296 g/mol. The molecule has 1 heterocycles. The van der Waals surface area contributed by atoms with Gasteiger partial charge in [0, 0.05) is 7.05 Å². The molecule has 0 N–H and O–H groups in total. The Labute approximate surface area is 125 Å². The number of ether oxygens (including phenoxy) is 1. The summed E-state index contributed by atoms with van der Waals surface area (Å²) in [6.45, 7) is 3.61. The number of hydrogen-bond donors (Lipinski definition) is 0. The highest BCUT2D eigenvalue weighted by Gasteiger charge is 2.17. The Kier molecular flexibility index (Phi) is 5.68. The van der Waals surface area contributed by atoms with Gasteiger partial charge in [0.15, 0.2) is 0 Å². The number of halogens is 1. The molecule has 0 aliphatic carbocycles. The summed E-state index contributed by atoms with van der Waals surface area (Å²) in [4.78, 5) is 15.9. The Bertz CT molecular complexity index is 447. The van der Waals surface area contributed by atoms with Gasteiger partial charge in [-0.25, -0.2) is 0 Å². The van der Waals surface area contributed by atoms with Crippen LogP contribution in [0.1, 0.15) is 12.8 Å². The van der Waals surface area contributed by atoms with Crippen LogP contribution in [0.2, 0.25) is 5.02 Å². The minimum atomic E-state index is 0.148. The molecule has 1 fully saturated rings. The number of likely N-dealkylation sites (tertiary alicyclic amines) is 1. The normalized spacial score (nSPS) is 15.3. The summed E-state index contributed by atoms with van der Waals surface area (Å²) >= 11 is 6.00. The van der Waals surface area contributed by atoms with E-state index < -0.39 is 0 Å². The zero-order valence-corrected chi connectivity index (χ0v) is 12.6. The van der Waals surface area contributed by atoms with E-state index in [0.717, 1.165) is 13.1 Å². The van der Waals surface area contributed by atoms with E-state index in [2.05, 4.69) is 4.90 Å². The molecule has 1 aliphatic rings. The van der Waals surface area contributed by atoms with Crippen LogP contribution in [0.3, 0.4) is 0 Å². The first kappa shape index (κ1) is 15.1. The van der Waals surface area contributed by atoms with E-state index in [1.807, 2.05) is 25.2 Å². The summed E-state index contributed by atoms with van der Waals surface area (Å²) in [5, 5.41) is 0.596. The van der Waals surface area contributed by atoms with Crippen molar-refractivity contribution in [1.29, 1.82) is 0 Å². The van der Waals surface area contributed by atoms with Crippen molar-refractivity contribution < 1.29 is 9.53 Å². The van der Waals surface area contributed by atoms with E-state index in [4.69, 9.17) is 16.3 Å². The summed E-state index contributed by atoms with van der Waals surface area (Å²) < 4.78 is 5.59. The van der Waals surface area contributed by atoms with Crippen LogP contribution >= 0.6 is 11.6 Å². The third-order valence-electron chi connectivity index (χ3n) is 3.50. The van der Waals surface area contributed by atoms with Gasteiger partial charge in [-0.15, -0.1) is 0 Å². The van der Waals surface area contributed by atoms with E-state index >= 15 is 0 Å². The summed E-state index contributed by atoms with van der Waals surface area (Å²) in [7, 11) is 1.81. The molecule has 1 amide bonds. The predicted octanol–water partition coefficient (Wildman–Crippen LogP) is 2.27. The summed E-state index contributed by atoms with van der Waals surface area (Å²) in [6, 6.07) is 7.36. The maximum Gasteiger partial charge on any atom is 0.236 e. The van der Waals surface area contributed by atoms with Crippen LogP contribution in [0.25, 0.3) is 0 Å². The Hall–Kier alpha value is -1.26. The number of carbonyl (C=O) groups excluding carboxylic acids is 1. The lowest BCUT2D eigenvalue weighted by Gasteiger charge is -2.21. The summed E-state index contributed by atoms with van der Waals surface area (Å²) in [5.74, 6) is 0.809. The molecule has 0 unspecified atom stereocenters. The summed E-state index contributed by atoms with van der Waals surface area (Å²) in [6.07, 6.45) is 2.40. The fraction of sp³-hybridized carbons (Fsp3) is 0.533. The van der Waals surface area contributed by atoms with Gasteiger partial charge in [-0.3, -0.25) is 9.69 Å². The van der Waals surface area contributed by atoms with Gasteiger partial charge >= 0.3 is 0 Å². The van der Waals surface area contributed by atoms with Crippen molar-refractivity contribution in [1.82, 2.24) is 9.80 Å². The van der Waals surface area contributed by atoms with Gasteiger partial charge in [-0.05, 0) is 38.1 Å². The Morgan fingerprint density at radius 1 is 1.35 bits per heavy atom. The van der Waals surface area contributed by atoms with E-state index in [9.17, 15) is 4.79 Å². The van der Waals surface area contributed by atoms with Crippen LogP contribution in [0, 0.1) is 0 Å². The molecule has 0 atom stereocenters. The van der Waals surface area contributed by atoms with Crippen molar-refractivity contribution in [2.45, 2.75) is 12.8 Å². The number of likely N-dealkylation sites (N-methyl/N-ethyl adjacent to an activating group) is 1. The first-order valence-electron chi connectivity index (χ1n) is 7.00. The average Bonchev–Trinajstić information content (AvgIpc) is 2.93. The molecule has 5 heteroatoms. The lowest BCUT2D eigenvalue weighted by molar-refractivity contribution is -0.131. The molecule has 4 nitrogen and oxygen atoms in total. The molecular formula is C15H21ClN2O2. The van der Waals surface area contributed by atoms with E-state index in [1.54, 1.807) is 11.0 Å². The topological polar surface area (TPSA) is 32.8 Å². The van der Waals surface area contributed by atoms with Gasteiger partial charge in [-0.2, -0.15) is 0 Å². The SMILES string of the molecule is CN(CCOc1ccccc1Cl)C(=O)CN1CCCC1. The second kappa shape index (κ2) is 7.50. The summed E-state index contributed by atoms with van der Waals surface area (Å²) in [5.41, 5.74) is 0. The van der Waals surface area contributed by atoms with Gasteiger partial charge in [0.2, 0.25) is 5.91 Å². The molecule has 0 spiro atoms. The molecule has 20 heavy (non-hydrogen) atoms. The highest BCUT2D eigenvalue weighted by atomic mass is 35.5. The highest BCUT2D eigenvalue weighted by Crippen LogP contribution is 2.22. The first-order chi connectivity index (χ1) is 9.66. The molecule has 1 aliphatic heterocycles. The van der Waals surface area contributed by atoms with Crippen LogP contribution in [-0.4, -0.2) is 55.5 Å². The van der Waals surface area contributed by atoms with E-state index in [1.165, 1.54) is 12.8 Å². The molecule has 110 valence electrons. The van der Waals surface area contributed by atoms with Gasteiger partial charge < -0.3 is 9.64 Å². The largest absolute Gasteiger partial charge is 0.490 e. The molecule has 1 aromatic rings. The van der Waals surface area contributed by atoms with E-state index in [-0.39, 0.29) is 5.91 Å². The predicted molar refractivity (Wildman–Crippen MR) is 80.3 cm³/mol. The smallest absolute Gasteiger partial charge is 0.236 e. The molecule has 0 aromatic heterocycles. The fourth-order valence-corrected chi connectivity index (χ4v) is 2.42. The maximum atomic E-state index is 12.0. The molecule has 0 saturated carbocycles. The number of benzene rings is 1. The van der Waals surface area contributed by atoms with E-state index in [0.29, 0.717) is 30.5 Å². The van der Waals surface area contributed by atoms with Crippen LogP contribution in [-0.2, 0) is 4.79 Å². The zero-order valence-electron chi connectivity index (χ0n) is 11.8.